The summed E-state index contributed by atoms with van der Waals surface area (Å²) in [5.41, 5.74) is 7.74. The van der Waals surface area contributed by atoms with Crippen LogP contribution in [-0.2, 0) is 13.0 Å². The van der Waals surface area contributed by atoms with Gasteiger partial charge in [0.15, 0.2) is 0 Å². The van der Waals surface area contributed by atoms with E-state index in [1.54, 1.807) is 18.4 Å². The molecular weight excluding hydrogens is 258 g/mol. The number of ether oxygens (including phenoxy) is 1. The van der Waals surface area contributed by atoms with Gasteiger partial charge in [-0.15, -0.1) is 11.3 Å². The molecule has 0 saturated carbocycles. The van der Waals surface area contributed by atoms with E-state index in [4.69, 9.17) is 10.5 Å². The second-order valence-electron chi connectivity index (χ2n) is 4.33. The SMILES string of the molecule is COc1cccc(N(C)Cc2csc(CCN)n2)c1. The molecule has 102 valence electrons. The largest absolute Gasteiger partial charge is 0.497 e. The molecule has 0 radical (unpaired) electrons. The molecule has 0 amide bonds. The zero-order valence-electron chi connectivity index (χ0n) is 11.3. The number of hydrogen-bond donors (Lipinski definition) is 1. The molecule has 0 aliphatic heterocycles. The van der Waals surface area contributed by atoms with Crippen LogP contribution in [0.25, 0.3) is 0 Å². The fourth-order valence-corrected chi connectivity index (χ4v) is 2.65. The van der Waals surface area contributed by atoms with Crippen molar-refractivity contribution in [3.63, 3.8) is 0 Å². The zero-order valence-corrected chi connectivity index (χ0v) is 12.1. The maximum absolute atomic E-state index is 5.54. The summed E-state index contributed by atoms with van der Waals surface area (Å²) in [4.78, 5) is 6.73. The van der Waals surface area contributed by atoms with E-state index in [0.717, 1.165) is 35.1 Å². The molecular formula is C14H19N3OS. The minimum Gasteiger partial charge on any atom is -0.497 e. The predicted octanol–water partition coefficient (Wildman–Crippen LogP) is 2.29. The van der Waals surface area contributed by atoms with Gasteiger partial charge in [0.2, 0.25) is 0 Å². The fraction of sp³-hybridized carbons (Fsp3) is 0.357. The third-order valence-corrected chi connectivity index (χ3v) is 3.81. The van der Waals surface area contributed by atoms with Crippen LogP contribution in [0.3, 0.4) is 0 Å². The van der Waals surface area contributed by atoms with Crippen LogP contribution < -0.4 is 15.4 Å². The standard InChI is InChI=1S/C14H19N3OS/c1-17(12-4-3-5-13(8-12)18-2)9-11-10-19-14(16-11)6-7-15/h3-5,8,10H,6-7,9,15H2,1-2H3. The molecule has 1 aromatic heterocycles. The third-order valence-electron chi connectivity index (χ3n) is 2.85. The van der Waals surface area contributed by atoms with Crippen LogP contribution in [-0.4, -0.2) is 25.7 Å². The van der Waals surface area contributed by atoms with Crippen molar-refractivity contribution in [3.8, 4) is 5.75 Å². The van der Waals surface area contributed by atoms with E-state index >= 15 is 0 Å². The molecule has 0 spiro atoms. The summed E-state index contributed by atoms with van der Waals surface area (Å²) >= 11 is 1.68. The molecule has 2 aromatic rings. The van der Waals surface area contributed by atoms with Gasteiger partial charge in [-0.25, -0.2) is 4.98 Å². The molecule has 1 heterocycles. The van der Waals surface area contributed by atoms with Crippen molar-refractivity contribution in [2.45, 2.75) is 13.0 Å². The lowest BCUT2D eigenvalue weighted by Crippen LogP contribution is -2.16. The molecule has 4 nitrogen and oxygen atoms in total. The topological polar surface area (TPSA) is 51.4 Å². The normalized spacial score (nSPS) is 10.5. The van der Waals surface area contributed by atoms with Gasteiger partial charge in [0, 0.05) is 30.6 Å². The number of methoxy groups -OCH3 is 1. The summed E-state index contributed by atoms with van der Waals surface area (Å²) in [6.07, 6.45) is 0.855. The van der Waals surface area contributed by atoms with Crippen LogP contribution in [0.5, 0.6) is 5.75 Å². The Morgan fingerprint density at radius 3 is 3.00 bits per heavy atom. The van der Waals surface area contributed by atoms with Crippen molar-refractivity contribution in [3.05, 3.63) is 40.3 Å². The maximum Gasteiger partial charge on any atom is 0.120 e. The van der Waals surface area contributed by atoms with Crippen LogP contribution in [0.1, 0.15) is 10.7 Å². The van der Waals surface area contributed by atoms with Gasteiger partial charge >= 0.3 is 0 Å². The van der Waals surface area contributed by atoms with Gasteiger partial charge < -0.3 is 15.4 Å². The Morgan fingerprint density at radius 2 is 2.26 bits per heavy atom. The van der Waals surface area contributed by atoms with E-state index in [1.165, 1.54) is 0 Å². The third kappa shape index (κ3) is 3.68. The summed E-state index contributed by atoms with van der Waals surface area (Å²) in [5, 5.41) is 3.21. The molecule has 0 aliphatic rings. The van der Waals surface area contributed by atoms with Crippen molar-refractivity contribution >= 4 is 17.0 Å². The minimum atomic E-state index is 0.651. The zero-order chi connectivity index (χ0) is 13.7. The van der Waals surface area contributed by atoms with Crippen molar-refractivity contribution in [2.24, 2.45) is 5.73 Å². The number of anilines is 1. The highest BCUT2D eigenvalue weighted by Crippen LogP contribution is 2.21. The molecule has 0 unspecified atom stereocenters. The quantitative estimate of drug-likeness (QED) is 0.880. The van der Waals surface area contributed by atoms with Gasteiger partial charge in [0.1, 0.15) is 5.75 Å². The molecule has 5 heteroatoms. The summed E-state index contributed by atoms with van der Waals surface area (Å²) in [5.74, 6) is 0.867. The molecule has 0 atom stereocenters. The lowest BCUT2D eigenvalue weighted by atomic mass is 10.2. The number of aromatic nitrogens is 1. The van der Waals surface area contributed by atoms with E-state index < -0.39 is 0 Å². The molecule has 0 bridgehead atoms. The van der Waals surface area contributed by atoms with E-state index in [2.05, 4.69) is 28.4 Å². The molecule has 2 rings (SSSR count). The minimum absolute atomic E-state index is 0.651. The average Bonchev–Trinajstić information content (AvgIpc) is 2.86. The number of nitrogens with two attached hydrogens (primary N) is 1. The Morgan fingerprint density at radius 1 is 1.42 bits per heavy atom. The highest BCUT2D eigenvalue weighted by Gasteiger charge is 2.06. The Balaban J connectivity index is 2.04. The fourth-order valence-electron chi connectivity index (χ4n) is 1.84. The summed E-state index contributed by atoms with van der Waals surface area (Å²) < 4.78 is 5.24. The van der Waals surface area contributed by atoms with Crippen molar-refractivity contribution in [1.29, 1.82) is 0 Å². The van der Waals surface area contributed by atoms with Gasteiger partial charge in [-0.2, -0.15) is 0 Å². The van der Waals surface area contributed by atoms with Crippen molar-refractivity contribution in [2.75, 3.05) is 25.6 Å². The highest BCUT2D eigenvalue weighted by atomic mass is 32.1. The highest BCUT2D eigenvalue weighted by molar-refractivity contribution is 7.09. The average molecular weight is 277 g/mol. The first kappa shape index (κ1) is 13.8. The van der Waals surface area contributed by atoms with Gasteiger partial charge in [-0.3, -0.25) is 0 Å². The lowest BCUT2D eigenvalue weighted by molar-refractivity contribution is 0.415. The Hall–Kier alpha value is -1.59. The molecule has 2 N–H and O–H groups in total. The van der Waals surface area contributed by atoms with Crippen LogP contribution in [0.15, 0.2) is 29.6 Å². The second-order valence-corrected chi connectivity index (χ2v) is 5.27. The summed E-state index contributed by atoms with van der Waals surface area (Å²) in [7, 11) is 3.73. The molecule has 19 heavy (non-hydrogen) atoms. The lowest BCUT2D eigenvalue weighted by Gasteiger charge is -2.18. The smallest absolute Gasteiger partial charge is 0.120 e. The first-order valence-electron chi connectivity index (χ1n) is 6.21. The maximum atomic E-state index is 5.54. The van der Waals surface area contributed by atoms with Crippen LogP contribution in [0.2, 0.25) is 0 Å². The van der Waals surface area contributed by atoms with Gasteiger partial charge in [0.25, 0.3) is 0 Å². The Bertz CT molecular complexity index is 527. The molecule has 0 aliphatic carbocycles. The number of thiazole rings is 1. The van der Waals surface area contributed by atoms with E-state index in [1.807, 2.05) is 18.2 Å². The first-order chi connectivity index (χ1) is 9.22. The van der Waals surface area contributed by atoms with Gasteiger partial charge in [-0.1, -0.05) is 6.07 Å². The van der Waals surface area contributed by atoms with E-state index in [9.17, 15) is 0 Å². The van der Waals surface area contributed by atoms with Crippen LogP contribution >= 0.6 is 11.3 Å². The van der Waals surface area contributed by atoms with Crippen LogP contribution in [0, 0.1) is 0 Å². The van der Waals surface area contributed by atoms with Crippen molar-refractivity contribution in [1.82, 2.24) is 4.98 Å². The molecule has 0 saturated heterocycles. The number of hydrogen-bond acceptors (Lipinski definition) is 5. The summed E-state index contributed by atoms with van der Waals surface area (Å²) in [6, 6.07) is 8.02. The monoisotopic (exact) mass is 277 g/mol. The van der Waals surface area contributed by atoms with Crippen LogP contribution in [0.4, 0.5) is 5.69 Å². The number of rotatable bonds is 6. The van der Waals surface area contributed by atoms with E-state index in [0.29, 0.717) is 6.54 Å². The van der Waals surface area contributed by atoms with Crippen molar-refractivity contribution < 1.29 is 4.74 Å². The number of nitrogens with zero attached hydrogens (tertiary/aromatic N) is 2. The van der Waals surface area contributed by atoms with E-state index in [-0.39, 0.29) is 0 Å². The predicted molar refractivity (Wildman–Crippen MR) is 80.0 cm³/mol. The van der Waals surface area contributed by atoms with Gasteiger partial charge in [-0.05, 0) is 18.7 Å². The second kappa shape index (κ2) is 6.54. The van der Waals surface area contributed by atoms with Gasteiger partial charge in [0.05, 0.1) is 24.4 Å². The molecule has 1 aromatic carbocycles. The number of benzene rings is 1. The first-order valence-corrected chi connectivity index (χ1v) is 7.09. The molecule has 0 fully saturated rings. The Labute approximate surface area is 117 Å². The Kier molecular flexibility index (Phi) is 4.76. The summed E-state index contributed by atoms with van der Waals surface area (Å²) in [6.45, 7) is 1.44.